The minimum Gasteiger partial charge on any atom is -0.462 e. The first-order chi connectivity index (χ1) is 57.1. The SMILES string of the molecule is CC(=O)NC1CCCc2c1[nH]c1ccc(C)cc21.CCOC(=O)c1ccc(Nc2nc3nonc3nc2N(CC)CC)cc1.Cc1ccc(Cc2nc3nonc3nc2Nc2cccc(C)c2C)cc1.Cc1ccc(NC2CCCc3c2[nH]c2ccc(C)cc32)cc1.Cc1cccc(NS(=O)(=O)c2ccc3[nH]c4c(c3c2)CCCCCC4)c1. The van der Waals surface area contributed by atoms with Crippen LogP contribution in [0.4, 0.5) is 40.2 Å². The fraction of sp³-hybridized carbons (Fsp3) is 0.312. The first-order valence-electron chi connectivity index (χ1n) is 40.9. The normalized spacial score (nSPS) is 14.3. The summed E-state index contributed by atoms with van der Waals surface area (Å²) >= 11 is 0. The van der Waals surface area contributed by atoms with Crippen LogP contribution in [0.5, 0.6) is 0 Å². The van der Waals surface area contributed by atoms with Crippen molar-refractivity contribution >= 4 is 117 Å². The number of ether oxygens (including phenoxy) is 1. The van der Waals surface area contributed by atoms with Gasteiger partial charge in [-0.1, -0.05) is 108 Å². The number of aromatic amines is 3. The molecular weight excluding hydrogens is 1500 g/mol. The van der Waals surface area contributed by atoms with E-state index in [1.165, 1.54) is 140 Å². The summed E-state index contributed by atoms with van der Waals surface area (Å²) in [5.74, 6) is 1.57. The number of fused-ring (bicyclic) bond motifs is 11. The van der Waals surface area contributed by atoms with Crippen LogP contribution in [0.3, 0.4) is 0 Å². The number of hydrogen-bond acceptors (Lipinski definition) is 19. The first-order valence-corrected chi connectivity index (χ1v) is 42.4. The van der Waals surface area contributed by atoms with Crippen LogP contribution in [0.1, 0.15) is 185 Å². The Balaban J connectivity index is 0.000000122. The van der Waals surface area contributed by atoms with Crippen molar-refractivity contribution in [2.45, 2.75) is 177 Å². The molecule has 8 N–H and O–H groups in total. The Morgan fingerprint density at radius 3 is 1.69 bits per heavy atom. The van der Waals surface area contributed by atoms with Gasteiger partial charge in [0.1, 0.15) is 0 Å². The van der Waals surface area contributed by atoms with E-state index in [0.29, 0.717) is 75.3 Å². The topological polar surface area (TPSA) is 318 Å². The van der Waals surface area contributed by atoms with Crippen LogP contribution in [0.15, 0.2) is 184 Å². The zero-order chi connectivity index (χ0) is 82.6. The van der Waals surface area contributed by atoms with E-state index in [0.717, 1.165) is 84.3 Å². The molecule has 1 amide bonds. The Bertz CT molecular complexity index is 6160. The minimum absolute atomic E-state index is 0.0442. The van der Waals surface area contributed by atoms with Crippen LogP contribution in [-0.4, -0.2) is 95.5 Å². The largest absolute Gasteiger partial charge is 0.462 e. The summed E-state index contributed by atoms with van der Waals surface area (Å²) in [6.07, 6.45) is 14.5. The number of hydrogen-bond donors (Lipinski definition) is 8. The van der Waals surface area contributed by atoms with Crippen molar-refractivity contribution in [3.05, 3.63) is 259 Å². The van der Waals surface area contributed by atoms with E-state index in [1.54, 1.807) is 50.2 Å². The number of nitrogens with one attached hydrogen (secondary N) is 8. The molecule has 0 fully saturated rings. The molecule has 608 valence electrons. The number of nitrogens with zero attached hydrogens (tertiary/aromatic N) is 9. The summed E-state index contributed by atoms with van der Waals surface area (Å²) in [5, 5.41) is 32.3. The van der Waals surface area contributed by atoms with Gasteiger partial charge in [0.15, 0.2) is 17.5 Å². The Labute approximate surface area is 687 Å². The fourth-order valence-electron chi connectivity index (χ4n) is 15.7. The monoisotopic (exact) mass is 1600 g/mol. The molecule has 0 aliphatic heterocycles. The zero-order valence-corrected chi connectivity index (χ0v) is 69.7. The molecule has 118 heavy (non-hydrogen) atoms. The van der Waals surface area contributed by atoms with Crippen LogP contribution < -0.4 is 30.9 Å². The van der Waals surface area contributed by atoms with E-state index >= 15 is 0 Å². The van der Waals surface area contributed by atoms with Gasteiger partial charge in [0.25, 0.3) is 10.0 Å². The summed E-state index contributed by atoms with van der Waals surface area (Å²) < 4.78 is 42.9. The maximum absolute atomic E-state index is 12.8. The van der Waals surface area contributed by atoms with Crippen molar-refractivity contribution in [1.82, 2.24) is 60.8 Å². The van der Waals surface area contributed by atoms with Gasteiger partial charge in [-0.3, -0.25) is 9.52 Å². The first kappa shape index (κ1) is 81.8. The number of carbonyl (C=O) groups is 2. The van der Waals surface area contributed by atoms with Gasteiger partial charge in [-0.2, -0.15) is 0 Å². The lowest BCUT2D eigenvalue weighted by Gasteiger charge is -2.25. The number of H-pyrrole nitrogens is 3. The number of rotatable bonds is 17. The number of esters is 1. The molecule has 2 unspecified atom stereocenters. The highest BCUT2D eigenvalue weighted by atomic mass is 32.2. The number of sulfonamides is 1. The van der Waals surface area contributed by atoms with E-state index in [1.807, 2.05) is 63.2 Å². The molecule has 0 saturated carbocycles. The van der Waals surface area contributed by atoms with Crippen molar-refractivity contribution < 1.29 is 32.0 Å². The van der Waals surface area contributed by atoms with Gasteiger partial charge < -0.3 is 45.9 Å². The number of aryl methyl sites for hydroxylation is 10. The molecule has 3 aliphatic carbocycles. The molecular formula is C93H103N17O7S. The third kappa shape index (κ3) is 19.5. The quantitative estimate of drug-likeness (QED) is 0.0393. The third-order valence-electron chi connectivity index (χ3n) is 22.0. The lowest BCUT2D eigenvalue weighted by Crippen LogP contribution is -2.28. The van der Waals surface area contributed by atoms with Crippen molar-refractivity contribution in [3.63, 3.8) is 0 Å². The number of carbonyl (C=O) groups excluding carboxylic acids is 2. The second-order valence-corrected chi connectivity index (χ2v) is 32.5. The smallest absolute Gasteiger partial charge is 0.338 e. The average Bonchev–Trinajstić information content (AvgIpc) is 1.63. The second kappa shape index (κ2) is 37.0. The van der Waals surface area contributed by atoms with E-state index in [9.17, 15) is 18.0 Å². The summed E-state index contributed by atoms with van der Waals surface area (Å²) in [7, 11) is -3.61. The van der Waals surface area contributed by atoms with Crippen molar-refractivity contribution in [3.8, 4) is 0 Å². The Morgan fingerprint density at radius 2 is 1.05 bits per heavy atom. The maximum Gasteiger partial charge on any atom is 0.338 e. The lowest BCUT2D eigenvalue weighted by molar-refractivity contribution is -0.119. The summed E-state index contributed by atoms with van der Waals surface area (Å²) in [6, 6.07) is 56.7. The molecule has 0 bridgehead atoms. The Kier molecular flexibility index (Phi) is 25.7. The predicted octanol–water partition coefficient (Wildman–Crippen LogP) is 20.3. The molecule has 15 aromatic rings. The van der Waals surface area contributed by atoms with Gasteiger partial charge in [-0.05, 0) is 290 Å². The molecule has 8 aromatic carbocycles. The molecule has 2 atom stereocenters. The van der Waals surface area contributed by atoms with Crippen LogP contribution in [0.2, 0.25) is 0 Å². The van der Waals surface area contributed by atoms with Gasteiger partial charge in [-0.25, -0.2) is 42.4 Å². The maximum atomic E-state index is 12.8. The van der Waals surface area contributed by atoms with Gasteiger partial charge in [0, 0.05) is 99.0 Å². The van der Waals surface area contributed by atoms with Gasteiger partial charge in [0.05, 0.1) is 34.8 Å². The molecule has 0 spiro atoms. The number of aromatic nitrogens is 11. The van der Waals surface area contributed by atoms with Crippen LogP contribution >= 0.6 is 0 Å². The second-order valence-electron chi connectivity index (χ2n) is 30.8. The molecule has 0 radical (unpaired) electrons. The summed E-state index contributed by atoms with van der Waals surface area (Å²) in [4.78, 5) is 54.2. The van der Waals surface area contributed by atoms with Gasteiger partial charge in [0.2, 0.25) is 28.5 Å². The predicted molar refractivity (Wildman–Crippen MR) is 469 cm³/mol. The Hall–Kier alpha value is -12.8. The van der Waals surface area contributed by atoms with Crippen molar-refractivity contribution in [1.29, 1.82) is 0 Å². The summed E-state index contributed by atoms with van der Waals surface area (Å²) in [5.41, 5.74) is 27.6. The molecule has 24 nitrogen and oxygen atoms in total. The summed E-state index contributed by atoms with van der Waals surface area (Å²) in [6.45, 7) is 23.9. The van der Waals surface area contributed by atoms with Crippen molar-refractivity contribution in [2.24, 2.45) is 0 Å². The van der Waals surface area contributed by atoms with Gasteiger partial charge in [-0.15, -0.1) is 0 Å². The van der Waals surface area contributed by atoms with E-state index in [4.69, 9.17) is 14.0 Å². The van der Waals surface area contributed by atoms with E-state index in [2.05, 4.69) is 219 Å². The molecule has 0 saturated heterocycles. The highest BCUT2D eigenvalue weighted by molar-refractivity contribution is 7.92. The van der Waals surface area contributed by atoms with Gasteiger partial charge >= 0.3 is 5.97 Å². The molecule has 7 heterocycles. The minimum atomic E-state index is -3.61. The van der Waals surface area contributed by atoms with Crippen molar-refractivity contribution in [2.75, 3.05) is 45.3 Å². The highest BCUT2D eigenvalue weighted by Gasteiger charge is 2.28. The lowest BCUT2D eigenvalue weighted by atomic mass is 9.91. The van der Waals surface area contributed by atoms with Crippen LogP contribution in [-0.2, 0) is 51.7 Å². The number of amides is 1. The van der Waals surface area contributed by atoms with Crippen LogP contribution in [0.25, 0.3) is 55.3 Å². The average molecular weight is 1600 g/mol. The number of benzene rings is 8. The molecule has 25 heteroatoms. The van der Waals surface area contributed by atoms with Crippen LogP contribution in [0, 0.1) is 48.5 Å². The highest BCUT2D eigenvalue weighted by Crippen LogP contribution is 2.39. The standard InChI is InChI=1S/C21H24N2O2S.C20H19N5O.C20H22N2.C17H20N6O3.C15H18N2O/c1-15-7-6-8-16(13-15)23-26(24,25)17-11-12-21-19(14-17)18-9-4-2-3-5-10-20(18)22-21;1-12-7-9-15(10-8-12)11-17-18(23-20-19(22-17)24-26-25-20)21-16-6-4-5-13(2)14(16)3;1-13-6-9-15(10-7-13)21-19-5-3-4-16-17-12-14(2)8-11-18(17)22-20(16)19;1-4-23(5-2)16-15(19-13-14(20-16)22-26-21-13)18-12-9-7-11(8-10-12)17(24)25-6-3;1-9-6-7-13-12(8-9)11-4-3-5-14(15(11)17-13)16-10(2)18/h6-8,11-14,22-23H,2-5,9-10H2,1H3;4-10H,11H2,1-3H3,(H,21,23,25);6-12,19,21-22H,3-5H2,1-2H3;7-10H,4-6H2,1-3H3,(H,18,19,21);6-8,14,17H,3-5H2,1-2H3,(H,16,18). The Morgan fingerprint density at radius 1 is 0.508 bits per heavy atom. The third-order valence-corrected chi connectivity index (χ3v) is 23.4. The zero-order valence-electron chi connectivity index (χ0n) is 68.9. The van der Waals surface area contributed by atoms with E-state index in [-0.39, 0.29) is 17.9 Å². The fourth-order valence-corrected chi connectivity index (χ4v) is 16.7. The molecule has 18 rings (SSSR count). The molecule has 3 aliphatic rings. The van der Waals surface area contributed by atoms with E-state index < -0.39 is 10.0 Å². The number of anilines is 7. The molecule has 7 aromatic heterocycles.